The van der Waals surface area contributed by atoms with Gasteiger partial charge in [-0.1, -0.05) is 42.1 Å². The third-order valence-corrected chi connectivity index (χ3v) is 6.01. The number of thiazole rings is 1. The van der Waals surface area contributed by atoms with Crippen molar-refractivity contribution in [3.63, 3.8) is 0 Å². The maximum absolute atomic E-state index is 13.7. The third kappa shape index (κ3) is 4.36. The molecule has 0 aliphatic heterocycles. The molecule has 0 bridgehead atoms. The van der Waals surface area contributed by atoms with Gasteiger partial charge >= 0.3 is 0 Å². The highest BCUT2D eigenvalue weighted by atomic mass is 32.2. The van der Waals surface area contributed by atoms with E-state index in [9.17, 15) is 9.18 Å². The molecule has 4 aromatic rings. The van der Waals surface area contributed by atoms with Gasteiger partial charge in [-0.3, -0.25) is 9.36 Å². The van der Waals surface area contributed by atoms with Gasteiger partial charge in [0.25, 0.3) is 5.91 Å². The molecular weight excluding hydrogens is 409 g/mol. The first-order chi connectivity index (χ1) is 14.1. The summed E-state index contributed by atoms with van der Waals surface area (Å²) in [5.74, 6) is 0.416. The monoisotopic (exact) mass is 425 g/mol. The molecule has 0 radical (unpaired) electrons. The van der Waals surface area contributed by atoms with Crippen molar-refractivity contribution in [1.29, 1.82) is 0 Å². The van der Waals surface area contributed by atoms with E-state index < -0.39 is 11.7 Å². The molecule has 9 heteroatoms. The topological polar surface area (TPSA) is 72.7 Å². The van der Waals surface area contributed by atoms with E-state index in [2.05, 4.69) is 20.5 Å². The Labute approximate surface area is 174 Å². The first-order valence-corrected chi connectivity index (χ1v) is 10.6. The summed E-state index contributed by atoms with van der Waals surface area (Å²) in [6.07, 6.45) is 0. The second-order valence-electron chi connectivity index (χ2n) is 6.05. The van der Waals surface area contributed by atoms with Gasteiger partial charge in [-0.25, -0.2) is 9.37 Å². The van der Waals surface area contributed by atoms with E-state index in [4.69, 9.17) is 0 Å². The zero-order valence-corrected chi connectivity index (χ0v) is 17.0. The van der Waals surface area contributed by atoms with Gasteiger partial charge in [0.05, 0.1) is 11.4 Å². The average Bonchev–Trinajstić information content (AvgIpc) is 3.35. The van der Waals surface area contributed by atoms with Gasteiger partial charge in [0.2, 0.25) is 0 Å². The Morgan fingerprint density at radius 3 is 2.69 bits per heavy atom. The number of nitrogens with zero attached hydrogens (tertiary/aromatic N) is 4. The van der Waals surface area contributed by atoms with Crippen LogP contribution in [-0.2, 0) is 5.75 Å². The van der Waals surface area contributed by atoms with E-state index in [1.54, 1.807) is 17.5 Å². The summed E-state index contributed by atoms with van der Waals surface area (Å²) < 4.78 is 15.7. The summed E-state index contributed by atoms with van der Waals surface area (Å²) in [6, 6.07) is 15.9. The van der Waals surface area contributed by atoms with Crippen molar-refractivity contribution in [3.05, 3.63) is 82.3 Å². The predicted molar refractivity (Wildman–Crippen MR) is 112 cm³/mol. The lowest BCUT2D eigenvalue weighted by Crippen LogP contribution is -2.13. The summed E-state index contributed by atoms with van der Waals surface area (Å²) in [4.78, 5) is 16.7. The number of aromatic nitrogens is 4. The minimum atomic E-state index is -0.484. The number of thioether (sulfide) groups is 1. The molecule has 0 spiro atoms. The van der Waals surface area contributed by atoms with Crippen molar-refractivity contribution >= 4 is 34.7 Å². The summed E-state index contributed by atoms with van der Waals surface area (Å²) in [5.41, 5.74) is 1.38. The van der Waals surface area contributed by atoms with Crippen LogP contribution in [0.1, 0.15) is 21.3 Å². The van der Waals surface area contributed by atoms with Crippen LogP contribution >= 0.6 is 23.1 Å². The standard InChI is InChI=1S/C20H16FN5OS2/c1-13-24-25-20(26(13)14-7-3-2-4-8-14)29-12-18-22-17(11-28-18)19(27)23-16-10-6-5-9-15(16)21/h2-11H,12H2,1H3,(H,23,27). The van der Waals surface area contributed by atoms with Crippen LogP contribution < -0.4 is 5.32 Å². The number of aryl methyl sites for hydroxylation is 1. The quantitative estimate of drug-likeness (QED) is 0.453. The number of rotatable bonds is 6. The van der Waals surface area contributed by atoms with E-state index in [1.165, 1.54) is 35.2 Å². The number of halogens is 1. The lowest BCUT2D eigenvalue weighted by molar-refractivity contribution is 0.102. The number of amides is 1. The van der Waals surface area contributed by atoms with Gasteiger partial charge in [-0.15, -0.1) is 21.5 Å². The van der Waals surface area contributed by atoms with E-state index in [-0.39, 0.29) is 11.4 Å². The SMILES string of the molecule is Cc1nnc(SCc2nc(C(=O)Nc3ccccc3F)cs2)n1-c1ccccc1. The van der Waals surface area contributed by atoms with Crippen molar-refractivity contribution in [2.45, 2.75) is 17.8 Å². The number of carbonyl (C=O) groups excluding carboxylic acids is 1. The normalized spacial score (nSPS) is 10.8. The van der Waals surface area contributed by atoms with Crippen molar-refractivity contribution < 1.29 is 9.18 Å². The largest absolute Gasteiger partial charge is 0.318 e. The number of hydrogen-bond acceptors (Lipinski definition) is 6. The highest BCUT2D eigenvalue weighted by Crippen LogP contribution is 2.26. The number of hydrogen-bond donors (Lipinski definition) is 1. The fourth-order valence-electron chi connectivity index (χ4n) is 2.67. The molecular formula is C20H16FN5OS2. The minimum Gasteiger partial charge on any atom is -0.318 e. The van der Waals surface area contributed by atoms with Crippen LogP contribution in [0.4, 0.5) is 10.1 Å². The zero-order chi connectivity index (χ0) is 20.2. The predicted octanol–water partition coefficient (Wildman–Crippen LogP) is 4.72. The second kappa shape index (κ2) is 8.54. The Morgan fingerprint density at radius 1 is 1.14 bits per heavy atom. The molecule has 0 unspecified atom stereocenters. The number of nitrogens with one attached hydrogen (secondary N) is 1. The minimum absolute atomic E-state index is 0.132. The molecule has 0 saturated carbocycles. The molecule has 2 aromatic carbocycles. The summed E-state index contributed by atoms with van der Waals surface area (Å²) in [6.45, 7) is 1.90. The van der Waals surface area contributed by atoms with Crippen LogP contribution in [0.2, 0.25) is 0 Å². The lowest BCUT2D eigenvalue weighted by atomic mass is 10.3. The molecule has 0 aliphatic rings. The van der Waals surface area contributed by atoms with Gasteiger partial charge in [0, 0.05) is 11.1 Å². The van der Waals surface area contributed by atoms with Crippen LogP contribution in [-0.4, -0.2) is 25.7 Å². The summed E-state index contributed by atoms with van der Waals surface area (Å²) in [5, 5.41) is 14.1. The molecule has 4 rings (SSSR count). The Balaban J connectivity index is 1.44. The number of benzene rings is 2. The smallest absolute Gasteiger partial charge is 0.275 e. The molecule has 2 aromatic heterocycles. The van der Waals surface area contributed by atoms with Gasteiger partial charge in [0.1, 0.15) is 22.3 Å². The van der Waals surface area contributed by atoms with Crippen molar-refractivity contribution in [3.8, 4) is 5.69 Å². The van der Waals surface area contributed by atoms with Crippen LogP contribution in [0, 0.1) is 12.7 Å². The molecule has 0 fully saturated rings. The molecule has 0 saturated heterocycles. The van der Waals surface area contributed by atoms with E-state index in [1.807, 2.05) is 41.8 Å². The fourth-order valence-corrected chi connectivity index (χ4v) is 4.46. The molecule has 0 atom stereocenters. The number of carbonyl (C=O) groups is 1. The van der Waals surface area contributed by atoms with Gasteiger partial charge in [-0.05, 0) is 31.2 Å². The molecule has 29 heavy (non-hydrogen) atoms. The summed E-state index contributed by atoms with van der Waals surface area (Å²) in [7, 11) is 0. The number of anilines is 1. The van der Waals surface area contributed by atoms with Gasteiger partial charge in [-0.2, -0.15) is 0 Å². The van der Waals surface area contributed by atoms with Crippen LogP contribution in [0.25, 0.3) is 5.69 Å². The first-order valence-electron chi connectivity index (χ1n) is 8.72. The molecule has 1 amide bonds. The summed E-state index contributed by atoms with van der Waals surface area (Å²) >= 11 is 2.87. The third-order valence-electron chi connectivity index (χ3n) is 4.04. The molecule has 146 valence electrons. The van der Waals surface area contributed by atoms with Crippen LogP contribution in [0.3, 0.4) is 0 Å². The van der Waals surface area contributed by atoms with Gasteiger partial charge in [0.15, 0.2) is 5.16 Å². The highest BCUT2D eigenvalue weighted by molar-refractivity contribution is 7.98. The van der Waals surface area contributed by atoms with Crippen LogP contribution in [0.15, 0.2) is 65.1 Å². The van der Waals surface area contributed by atoms with Crippen LogP contribution in [0.5, 0.6) is 0 Å². The molecule has 2 heterocycles. The lowest BCUT2D eigenvalue weighted by Gasteiger charge is -2.07. The van der Waals surface area contributed by atoms with Crippen molar-refractivity contribution in [2.75, 3.05) is 5.32 Å². The van der Waals surface area contributed by atoms with Crippen molar-refractivity contribution in [2.24, 2.45) is 0 Å². The fraction of sp³-hybridized carbons (Fsp3) is 0.100. The second-order valence-corrected chi connectivity index (χ2v) is 7.94. The van der Waals surface area contributed by atoms with E-state index in [0.717, 1.165) is 21.7 Å². The average molecular weight is 426 g/mol. The highest BCUT2D eigenvalue weighted by Gasteiger charge is 2.15. The Morgan fingerprint density at radius 2 is 1.90 bits per heavy atom. The van der Waals surface area contributed by atoms with Gasteiger partial charge < -0.3 is 5.32 Å². The Kier molecular flexibility index (Phi) is 5.68. The van der Waals surface area contributed by atoms with E-state index >= 15 is 0 Å². The molecule has 6 nitrogen and oxygen atoms in total. The molecule has 1 N–H and O–H groups in total. The van der Waals surface area contributed by atoms with Crippen molar-refractivity contribution in [1.82, 2.24) is 19.7 Å². The molecule has 0 aliphatic carbocycles. The Hall–Kier alpha value is -3.04. The first kappa shape index (κ1) is 19.3. The maximum Gasteiger partial charge on any atom is 0.275 e. The number of para-hydroxylation sites is 2. The maximum atomic E-state index is 13.7. The zero-order valence-electron chi connectivity index (χ0n) is 15.4. The Bertz CT molecular complexity index is 1140. The van der Waals surface area contributed by atoms with E-state index in [0.29, 0.717) is 5.75 Å².